The molecule has 1 nitrogen and oxygen atoms in total. The van der Waals surface area contributed by atoms with Gasteiger partial charge in [0.05, 0.1) is 5.88 Å². The lowest BCUT2D eigenvalue weighted by atomic mass is 10.1. The Morgan fingerprint density at radius 2 is 2.00 bits per heavy atom. The minimum absolute atomic E-state index is 0.176. The maximum atomic E-state index is 14.0. The second kappa shape index (κ2) is 7.31. The Bertz CT molecular complexity index is 427. The van der Waals surface area contributed by atoms with Gasteiger partial charge in [0.15, 0.2) is 0 Å². The van der Waals surface area contributed by atoms with Gasteiger partial charge >= 0.3 is 0 Å². The minimum atomic E-state index is -0.176. The molecule has 0 N–H and O–H groups in total. The molecule has 1 saturated carbocycles. The van der Waals surface area contributed by atoms with E-state index in [2.05, 4.69) is 18.7 Å². The van der Waals surface area contributed by atoms with Gasteiger partial charge in [-0.05, 0) is 37.3 Å². The fraction of sp³-hybridized carbons (Fsp3) is 0.647. The van der Waals surface area contributed by atoms with Crippen molar-refractivity contribution in [3.63, 3.8) is 0 Å². The van der Waals surface area contributed by atoms with Crippen molar-refractivity contribution < 1.29 is 4.39 Å². The number of halogens is 2. The van der Waals surface area contributed by atoms with Crippen LogP contribution in [0.25, 0.3) is 0 Å². The molecule has 0 spiro atoms. The van der Waals surface area contributed by atoms with Gasteiger partial charge in [0.2, 0.25) is 0 Å². The number of benzene rings is 1. The van der Waals surface area contributed by atoms with E-state index in [1.165, 1.54) is 31.7 Å². The van der Waals surface area contributed by atoms with Gasteiger partial charge in [-0.15, -0.1) is 11.6 Å². The number of hydrogen-bond acceptors (Lipinski definition) is 1. The molecule has 0 atom stereocenters. The van der Waals surface area contributed by atoms with Gasteiger partial charge in [0.1, 0.15) is 5.82 Å². The third-order valence-electron chi connectivity index (χ3n) is 4.25. The molecule has 0 bridgehead atoms. The van der Waals surface area contributed by atoms with Crippen molar-refractivity contribution >= 4 is 17.3 Å². The van der Waals surface area contributed by atoms with Gasteiger partial charge < -0.3 is 4.90 Å². The van der Waals surface area contributed by atoms with Crippen LogP contribution >= 0.6 is 11.6 Å². The maximum absolute atomic E-state index is 14.0. The second-order valence-electron chi connectivity index (χ2n) is 6.19. The van der Waals surface area contributed by atoms with Crippen LogP contribution in [0.4, 0.5) is 10.1 Å². The Kier molecular flexibility index (Phi) is 5.71. The highest BCUT2D eigenvalue weighted by Crippen LogP contribution is 2.32. The van der Waals surface area contributed by atoms with Crippen molar-refractivity contribution in [3.05, 3.63) is 29.6 Å². The van der Waals surface area contributed by atoms with E-state index in [1.807, 2.05) is 6.07 Å². The van der Waals surface area contributed by atoms with Crippen molar-refractivity contribution in [1.82, 2.24) is 0 Å². The van der Waals surface area contributed by atoms with Crippen molar-refractivity contribution in [2.24, 2.45) is 5.92 Å². The van der Waals surface area contributed by atoms with Crippen LogP contribution < -0.4 is 4.90 Å². The van der Waals surface area contributed by atoms with Crippen molar-refractivity contribution in [1.29, 1.82) is 0 Å². The van der Waals surface area contributed by atoms with E-state index >= 15 is 0 Å². The largest absolute Gasteiger partial charge is 0.368 e. The Morgan fingerprint density at radius 1 is 1.30 bits per heavy atom. The van der Waals surface area contributed by atoms with E-state index in [0.717, 1.165) is 18.7 Å². The molecule has 2 rings (SSSR count). The zero-order chi connectivity index (χ0) is 14.5. The number of alkyl halides is 1. The number of rotatable bonds is 6. The first-order valence-corrected chi connectivity index (χ1v) is 8.27. The predicted octanol–water partition coefficient (Wildman–Crippen LogP) is 5.36. The van der Waals surface area contributed by atoms with Crippen molar-refractivity contribution in [2.75, 3.05) is 11.4 Å². The molecule has 1 aromatic rings. The summed E-state index contributed by atoms with van der Waals surface area (Å²) in [5.74, 6) is 0.726. The van der Waals surface area contributed by atoms with Crippen molar-refractivity contribution in [3.8, 4) is 0 Å². The SMILES string of the molecule is CC(C)CCN(c1cccc(F)c1CCl)C1CCCC1. The van der Waals surface area contributed by atoms with E-state index < -0.39 is 0 Å². The Labute approximate surface area is 127 Å². The quantitative estimate of drug-likeness (QED) is 0.639. The van der Waals surface area contributed by atoms with Crippen LogP contribution in [0, 0.1) is 11.7 Å². The number of anilines is 1. The van der Waals surface area contributed by atoms with Crippen LogP contribution in [0.1, 0.15) is 51.5 Å². The minimum Gasteiger partial charge on any atom is -0.368 e. The first-order valence-electron chi connectivity index (χ1n) is 7.73. The zero-order valence-electron chi connectivity index (χ0n) is 12.5. The Balaban J connectivity index is 2.27. The van der Waals surface area contributed by atoms with Gasteiger partial charge in [-0.2, -0.15) is 0 Å². The third-order valence-corrected chi connectivity index (χ3v) is 4.52. The molecule has 0 heterocycles. The summed E-state index contributed by atoms with van der Waals surface area (Å²) < 4.78 is 14.0. The van der Waals surface area contributed by atoms with Crippen molar-refractivity contribution in [2.45, 2.75) is 57.9 Å². The van der Waals surface area contributed by atoms with E-state index in [-0.39, 0.29) is 11.7 Å². The Morgan fingerprint density at radius 3 is 2.60 bits per heavy atom. The molecule has 1 aliphatic carbocycles. The normalized spacial score (nSPS) is 16.1. The van der Waals surface area contributed by atoms with Gasteiger partial charge in [0.25, 0.3) is 0 Å². The second-order valence-corrected chi connectivity index (χ2v) is 6.45. The summed E-state index contributed by atoms with van der Waals surface area (Å²) in [5, 5.41) is 0. The molecule has 0 saturated heterocycles. The molecule has 1 aromatic carbocycles. The van der Waals surface area contributed by atoms with Gasteiger partial charge in [-0.3, -0.25) is 0 Å². The van der Waals surface area contributed by atoms with E-state index in [1.54, 1.807) is 6.07 Å². The molecule has 112 valence electrons. The molecular formula is C17H25ClFN. The molecule has 0 unspecified atom stereocenters. The molecule has 20 heavy (non-hydrogen) atoms. The zero-order valence-corrected chi connectivity index (χ0v) is 13.3. The van der Waals surface area contributed by atoms with Crippen LogP contribution in [0.5, 0.6) is 0 Å². The van der Waals surface area contributed by atoms with Crippen LogP contribution in [0.3, 0.4) is 0 Å². The summed E-state index contributed by atoms with van der Waals surface area (Å²) in [4.78, 5) is 2.41. The topological polar surface area (TPSA) is 3.24 Å². The fourth-order valence-electron chi connectivity index (χ4n) is 3.06. The molecule has 0 aromatic heterocycles. The molecule has 3 heteroatoms. The van der Waals surface area contributed by atoms with Crippen LogP contribution in [0.15, 0.2) is 18.2 Å². The lowest BCUT2D eigenvalue weighted by Gasteiger charge is -2.33. The summed E-state index contributed by atoms with van der Waals surface area (Å²) in [6, 6.07) is 5.89. The first kappa shape index (κ1) is 15.6. The Hall–Kier alpha value is -0.760. The fourth-order valence-corrected chi connectivity index (χ4v) is 3.33. The standard InChI is InChI=1S/C17H25ClFN/c1-13(2)10-11-20(14-6-3-4-7-14)17-9-5-8-16(19)15(17)12-18/h5,8-9,13-14H,3-4,6-7,10-12H2,1-2H3. The highest BCUT2D eigenvalue weighted by Gasteiger charge is 2.25. The summed E-state index contributed by atoms with van der Waals surface area (Å²) in [6.45, 7) is 5.47. The predicted molar refractivity (Wildman–Crippen MR) is 85.0 cm³/mol. The van der Waals surface area contributed by atoms with E-state index in [0.29, 0.717) is 17.5 Å². The average molecular weight is 298 g/mol. The summed E-state index contributed by atoms with van der Waals surface area (Å²) in [5.41, 5.74) is 1.66. The molecule has 0 amide bonds. The van der Waals surface area contributed by atoms with E-state index in [4.69, 9.17) is 11.6 Å². The van der Waals surface area contributed by atoms with Gasteiger partial charge in [0, 0.05) is 23.8 Å². The highest BCUT2D eigenvalue weighted by atomic mass is 35.5. The first-order chi connectivity index (χ1) is 9.63. The van der Waals surface area contributed by atoms with Crippen LogP contribution in [-0.4, -0.2) is 12.6 Å². The summed E-state index contributed by atoms with van der Waals surface area (Å²) in [7, 11) is 0. The smallest absolute Gasteiger partial charge is 0.129 e. The summed E-state index contributed by atoms with van der Waals surface area (Å²) >= 11 is 5.98. The molecular weight excluding hydrogens is 273 g/mol. The van der Waals surface area contributed by atoms with E-state index in [9.17, 15) is 4.39 Å². The maximum Gasteiger partial charge on any atom is 0.129 e. The van der Waals surface area contributed by atoms with Gasteiger partial charge in [-0.1, -0.05) is 32.8 Å². The lowest BCUT2D eigenvalue weighted by Crippen LogP contribution is -2.35. The molecule has 0 radical (unpaired) electrons. The molecule has 1 aliphatic rings. The highest BCUT2D eigenvalue weighted by molar-refractivity contribution is 6.17. The van der Waals surface area contributed by atoms with Crippen LogP contribution in [0.2, 0.25) is 0 Å². The lowest BCUT2D eigenvalue weighted by molar-refractivity contribution is 0.525. The number of nitrogens with zero attached hydrogens (tertiary/aromatic N) is 1. The molecule has 1 fully saturated rings. The number of hydrogen-bond donors (Lipinski definition) is 0. The monoisotopic (exact) mass is 297 g/mol. The third kappa shape index (κ3) is 3.66. The summed E-state index contributed by atoms with van der Waals surface area (Å²) in [6.07, 6.45) is 6.14. The molecule has 0 aliphatic heterocycles. The van der Waals surface area contributed by atoms with Crippen LogP contribution in [-0.2, 0) is 5.88 Å². The van der Waals surface area contributed by atoms with Gasteiger partial charge in [-0.25, -0.2) is 4.39 Å². The average Bonchev–Trinajstić information content (AvgIpc) is 2.93.